The molecule has 1 atom stereocenters. The Morgan fingerprint density at radius 1 is 1.50 bits per heavy atom. The van der Waals surface area contributed by atoms with Crippen LogP contribution in [0.25, 0.3) is 0 Å². The summed E-state index contributed by atoms with van der Waals surface area (Å²) in [7, 11) is 1.77. The number of hydrogen-bond acceptors (Lipinski definition) is 3. The molecule has 0 aliphatic rings. The van der Waals surface area contributed by atoms with E-state index in [0.29, 0.717) is 6.54 Å². The van der Waals surface area contributed by atoms with E-state index >= 15 is 0 Å². The normalized spacial score (nSPS) is 13.2. The molecule has 1 unspecified atom stereocenters. The van der Waals surface area contributed by atoms with Crippen LogP contribution in [0.4, 0.5) is 5.69 Å². The number of nitrogens with two attached hydrogens (primary N) is 1. The Morgan fingerprint density at radius 3 is 2.61 bits per heavy atom. The molecule has 0 spiro atoms. The molecule has 1 aromatic heterocycles. The van der Waals surface area contributed by atoms with Crippen molar-refractivity contribution in [2.75, 3.05) is 18.5 Å². The Kier molecular flexibility index (Phi) is 4.84. The molecule has 18 heavy (non-hydrogen) atoms. The zero-order valence-electron chi connectivity index (χ0n) is 11.7. The van der Waals surface area contributed by atoms with E-state index in [0.717, 1.165) is 12.1 Å². The molecule has 1 rings (SSSR count). The molecule has 0 fully saturated rings. The molecule has 1 amide bonds. The summed E-state index contributed by atoms with van der Waals surface area (Å²) in [5.74, 6) is -0.0874. The Bertz CT molecular complexity index is 384. The zero-order chi connectivity index (χ0) is 13.8. The minimum Gasteiger partial charge on any atom is -0.330 e. The van der Waals surface area contributed by atoms with E-state index in [1.165, 1.54) is 0 Å². The predicted octanol–water partition coefficient (Wildman–Crippen LogP) is 2.06. The van der Waals surface area contributed by atoms with E-state index in [1.54, 1.807) is 24.3 Å². The number of pyridine rings is 1. The molecule has 0 saturated carbocycles. The third kappa shape index (κ3) is 4.11. The second kappa shape index (κ2) is 5.96. The summed E-state index contributed by atoms with van der Waals surface area (Å²) in [6.45, 7) is 6.73. The smallest absolute Gasteiger partial charge is 0.231 e. The molecule has 1 aromatic rings. The van der Waals surface area contributed by atoms with Gasteiger partial charge in [-0.15, -0.1) is 0 Å². The van der Waals surface area contributed by atoms with Crippen LogP contribution in [-0.4, -0.2) is 24.5 Å². The third-order valence-corrected chi connectivity index (χ3v) is 2.86. The maximum absolute atomic E-state index is 12.4. The lowest BCUT2D eigenvalue weighted by Gasteiger charge is -2.28. The highest BCUT2D eigenvalue weighted by Crippen LogP contribution is 2.26. The number of rotatable bonds is 4. The number of aromatic nitrogens is 1. The van der Waals surface area contributed by atoms with Crippen molar-refractivity contribution in [1.29, 1.82) is 0 Å². The van der Waals surface area contributed by atoms with Crippen molar-refractivity contribution in [1.82, 2.24) is 4.98 Å². The van der Waals surface area contributed by atoms with Gasteiger partial charge in [-0.1, -0.05) is 20.8 Å². The molecule has 100 valence electrons. The lowest BCUT2D eigenvalue weighted by molar-refractivity contribution is -0.122. The molecular formula is C14H23N3O. The van der Waals surface area contributed by atoms with Crippen molar-refractivity contribution in [2.24, 2.45) is 17.1 Å². The van der Waals surface area contributed by atoms with Gasteiger partial charge in [-0.2, -0.15) is 0 Å². The summed E-state index contributed by atoms with van der Waals surface area (Å²) in [5.41, 5.74) is 6.63. The molecular weight excluding hydrogens is 226 g/mol. The van der Waals surface area contributed by atoms with Gasteiger partial charge in [0.1, 0.15) is 0 Å². The minimum absolute atomic E-state index is 0.0559. The standard InChI is InChI=1S/C14H23N3O/c1-14(2,3)8-11(9-15)13(18)17(4)12-6-5-7-16-10-12/h5-7,10-11H,8-9,15H2,1-4H3. The molecule has 0 bridgehead atoms. The average Bonchev–Trinajstić information content (AvgIpc) is 2.34. The van der Waals surface area contributed by atoms with Gasteiger partial charge >= 0.3 is 0 Å². The number of carbonyl (C=O) groups is 1. The first kappa shape index (κ1) is 14.6. The number of nitrogens with zero attached hydrogens (tertiary/aromatic N) is 2. The average molecular weight is 249 g/mol. The van der Waals surface area contributed by atoms with Crippen molar-refractivity contribution in [3.05, 3.63) is 24.5 Å². The first-order valence-electron chi connectivity index (χ1n) is 6.23. The zero-order valence-corrected chi connectivity index (χ0v) is 11.7. The molecule has 0 aliphatic heterocycles. The highest BCUT2D eigenvalue weighted by molar-refractivity contribution is 5.94. The van der Waals surface area contributed by atoms with E-state index in [4.69, 9.17) is 5.73 Å². The van der Waals surface area contributed by atoms with Gasteiger partial charge in [-0.3, -0.25) is 9.78 Å². The van der Waals surface area contributed by atoms with Gasteiger partial charge in [0.15, 0.2) is 0 Å². The van der Waals surface area contributed by atoms with Gasteiger partial charge in [0, 0.05) is 19.8 Å². The summed E-state index contributed by atoms with van der Waals surface area (Å²) in [6.07, 6.45) is 4.16. The first-order valence-corrected chi connectivity index (χ1v) is 6.23. The molecule has 0 aromatic carbocycles. The van der Waals surface area contributed by atoms with Crippen LogP contribution in [0.1, 0.15) is 27.2 Å². The van der Waals surface area contributed by atoms with Crippen LogP contribution in [0.15, 0.2) is 24.5 Å². The first-order chi connectivity index (χ1) is 8.35. The van der Waals surface area contributed by atoms with Crippen molar-refractivity contribution in [3.8, 4) is 0 Å². The maximum atomic E-state index is 12.4. The SMILES string of the molecule is CN(C(=O)C(CN)CC(C)(C)C)c1cccnc1. The summed E-state index contributed by atoms with van der Waals surface area (Å²) in [5, 5.41) is 0. The van der Waals surface area contributed by atoms with Gasteiger partial charge in [0.25, 0.3) is 0 Å². The second-order valence-electron chi connectivity index (χ2n) is 5.81. The summed E-state index contributed by atoms with van der Waals surface area (Å²) >= 11 is 0. The number of anilines is 1. The largest absolute Gasteiger partial charge is 0.330 e. The van der Waals surface area contributed by atoms with E-state index in [1.807, 2.05) is 12.1 Å². The van der Waals surface area contributed by atoms with E-state index < -0.39 is 0 Å². The topological polar surface area (TPSA) is 59.2 Å². The molecule has 1 heterocycles. The van der Waals surface area contributed by atoms with Gasteiger partial charge in [-0.05, 0) is 24.0 Å². The van der Waals surface area contributed by atoms with E-state index in [2.05, 4.69) is 25.8 Å². The highest BCUT2D eigenvalue weighted by Gasteiger charge is 2.26. The van der Waals surface area contributed by atoms with Crippen LogP contribution in [0.3, 0.4) is 0 Å². The number of amides is 1. The van der Waals surface area contributed by atoms with Crippen LogP contribution in [0, 0.1) is 11.3 Å². The van der Waals surface area contributed by atoms with Crippen LogP contribution in [0.2, 0.25) is 0 Å². The van der Waals surface area contributed by atoms with E-state index in [-0.39, 0.29) is 17.2 Å². The lowest BCUT2D eigenvalue weighted by atomic mass is 9.84. The highest BCUT2D eigenvalue weighted by atomic mass is 16.2. The third-order valence-electron chi connectivity index (χ3n) is 2.86. The molecule has 0 aliphatic carbocycles. The molecule has 4 nitrogen and oxygen atoms in total. The molecule has 0 radical (unpaired) electrons. The monoisotopic (exact) mass is 249 g/mol. The summed E-state index contributed by atoms with van der Waals surface area (Å²) < 4.78 is 0. The fourth-order valence-electron chi connectivity index (χ4n) is 1.96. The van der Waals surface area contributed by atoms with Crippen LogP contribution >= 0.6 is 0 Å². The Balaban J connectivity index is 2.79. The van der Waals surface area contributed by atoms with E-state index in [9.17, 15) is 4.79 Å². The second-order valence-corrected chi connectivity index (χ2v) is 5.81. The van der Waals surface area contributed by atoms with Crippen molar-refractivity contribution in [2.45, 2.75) is 27.2 Å². The predicted molar refractivity (Wildman–Crippen MR) is 74.3 cm³/mol. The Labute approximate surface area is 109 Å². The van der Waals surface area contributed by atoms with Crippen molar-refractivity contribution < 1.29 is 4.79 Å². The minimum atomic E-state index is -0.143. The maximum Gasteiger partial charge on any atom is 0.231 e. The van der Waals surface area contributed by atoms with Crippen molar-refractivity contribution >= 4 is 11.6 Å². The Morgan fingerprint density at radius 2 is 2.17 bits per heavy atom. The van der Waals surface area contributed by atoms with Gasteiger partial charge in [-0.25, -0.2) is 0 Å². The van der Waals surface area contributed by atoms with Crippen LogP contribution in [-0.2, 0) is 4.79 Å². The van der Waals surface area contributed by atoms with Gasteiger partial charge < -0.3 is 10.6 Å². The molecule has 4 heteroatoms. The van der Waals surface area contributed by atoms with Crippen LogP contribution < -0.4 is 10.6 Å². The number of hydrogen-bond donors (Lipinski definition) is 1. The molecule has 0 saturated heterocycles. The lowest BCUT2D eigenvalue weighted by Crippen LogP contribution is -2.38. The van der Waals surface area contributed by atoms with Crippen LogP contribution in [0.5, 0.6) is 0 Å². The molecule has 2 N–H and O–H groups in total. The fraction of sp³-hybridized carbons (Fsp3) is 0.571. The van der Waals surface area contributed by atoms with Crippen molar-refractivity contribution in [3.63, 3.8) is 0 Å². The number of carbonyl (C=O) groups excluding carboxylic acids is 1. The Hall–Kier alpha value is -1.42. The van der Waals surface area contributed by atoms with Gasteiger partial charge in [0.2, 0.25) is 5.91 Å². The summed E-state index contributed by atoms with van der Waals surface area (Å²) in [6, 6.07) is 3.69. The van der Waals surface area contributed by atoms with Gasteiger partial charge in [0.05, 0.1) is 17.8 Å². The fourth-order valence-corrected chi connectivity index (χ4v) is 1.96. The summed E-state index contributed by atoms with van der Waals surface area (Å²) in [4.78, 5) is 18.0. The quantitative estimate of drug-likeness (QED) is 0.888.